The molecule has 3 rings (SSSR count). The van der Waals surface area contributed by atoms with Crippen LogP contribution in [0.25, 0.3) is 0 Å². The molecular weight excluding hydrogens is 359 g/mol. The number of ether oxygens (including phenoxy) is 1. The van der Waals surface area contributed by atoms with Crippen LogP contribution in [0.5, 0.6) is 5.75 Å². The lowest BCUT2D eigenvalue weighted by Crippen LogP contribution is -2.43. The highest BCUT2D eigenvalue weighted by molar-refractivity contribution is 5.94. The molecule has 1 N–H and O–H groups in total. The van der Waals surface area contributed by atoms with Gasteiger partial charge < -0.3 is 15.0 Å². The number of piperidine rings is 1. The van der Waals surface area contributed by atoms with Crippen LogP contribution >= 0.6 is 0 Å². The number of hydrogen-bond acceptors (Lipinski definition) is 3. The molecule has 0 bridgehead atoms. The molecule has 1 aliphatic heterocycles. The SMILES string of the molecule is COc1ccccc1CCNC(=O)C1CCN(C(=O)c2ccccc2F)CC1. The average molecular weight is 384 g/mol. The standard InChI is InChI=1S/C22H25FN2O3/c1-28-20-9-5-2-6-16(20)10-13-24-21(26)17-11-14-25(15-12-17)22(27)18-7-3-4-8-19(18)23/h2-9,17H,10-15H2,1H3,(H,24,26). The Labute approximate surface area is 164 Å². The molecule has 0 unspecified atom stereocenters. The summed E-state index contributed by atoms with van der Waals surface area (Å²) in [5, 5.41) is 2.98. The number of methoxy groups -OCH3 is 1. The maximum absolute atomic E-state index is 13.8. The third-order valence-corrected chi connectivity index (χ3v) is 5.14. The van der Waals surface area contributed by atoms with Crippen molar-refractivity contribution in [3.63, 3.8) is 0 Å². The van der Waals surface area contributed by atoms with Crippen molar-refractivity contribution in [1.82, 2.24) is 10.2 Å². The molecule has 0 aliphatic carbocycles. The van der Waals surface area contributed by atoms with Crippen molar-refractivity contribution >= 4 is 11.8 Å². The van der Waals surface area contributed by atoms with Gasteiger partial charge >= 0.3 is 0 Å². The number of halogens is 1. The fourth-order valence-electron chi connectivity index (χ4n) is 3.52. The van der Waals surface area contributed by atoms with E-state index in [9.17, 15) is 14.0 Å². The van der Waals surface area contributed by atoms with Crippen LogP contribution < -0.4 is 10.1 Å². The van der Waals surface area contributed by atoms with Gasteiger partial charge in [-0.3, -0.25) is 9.59 Å². The minimum atomic E-state index is -0.510. The van der Waals surface area contributed by atoms with Gasteiger partial charge in [-0.15, -0.1) is 0 Å². The third-order valence-electron chi connectivity index (χ3n) is 5.14. The van der Waals surface area contributed by atoms with Gasteiger partial charge in [-0.1, -0.05) is 30.3 Å². The van der Waals surface area contributed by atoms with Crippen molar-refractivity contribution in [3.05, 3.63) is 65.5 Å². The molecule has 2 amide bonds. The van der Waals surface area contributed by atoms with Gasteiger partial charge in [-0.2, -0.15) is 0 Å². The number of rotatable bonds is 6. The number of carbonyl (C=O) groups is 2. The number of amides is 2. The van der Waals surface area contributed by atoms with E-state index in [1.807, 2.05) is 24.3 Å². The summed E-state index contributed by atoms with van der Waals surface area (Å²) in [5.41, 5.74) is 1.14. The van der Waals surface area contributed by atoms with E-state index < -0.39 is 5.82 Å². The number of benzene rings is 2. The predicted molar refractivity (Wildman–Crippen MR) is 105 cm³/mol. The quantitative estimate of drug-likeness (QED) is 0.833. The second-order valence-electron chi connectivity index (χ2n) is 6.90. The zero-order valence-corrected chi connectivity index (χ0v) is 16.0. The highest BCUT2D eigenvalue weighted by Gasteiger charge is 2.28. The Morgan fingerprint density at radius 2 is 1.79 bits per heavy atom. The highest BCUT2D eigenvalue weighted by Crippen LogP contribution is 2.21. The monoisotopic (exact) mass is 384 g/mol. The van der Waals surface area contributed by atoms with Crippen molar-refractivity contribution in [2.75, 3.05) is 26.7 Å². The maximum atomic E-state index is 13.8. The first-order chi connectivity index (χ1) is 13.6. The highest BCUT2D eigenvalue weighted by atomic mass is 19.1. The normalized spacial score (nSPS) is 14.6. The summed E-state index contributed by atoms with van der Waals surface area (Å²) in [6.45, 7) is 1.45. The van der Waals surface area contributed by atoms with E-state index in [1.54, 1.807) is 24.1 Å². The summed E-state index contributed by atoms with van der Waals surface area (Å²) in [6, 6.07) is 13.7. The van der Waals surface area contributed by atoms with Gasteiger partial charge in [0, 0.05) is 25.6 Å². The molecule has 0 atom stereocenters. The Balaban J connectivity index is 1.46. The molecule has 28 heavy (non-hydrogen) atoms. The summed E-state index contributed by atoms with van der Waals surface area (Å²) in [6.07, 6.45) is 1.86. The molecule has 5 nitrogen and oxygen atoms in total. The first-order valence-electron chi connectivity index (χ1n) is 9.53. The first kappa shape index (κ1) is 19.9. The summed E-state index contributed by atoms with van der Waals surface area (Å²) in [5.74, 6) is -0.122. The van der Waals surface area contributed by atoms with Crippen LogP contribution in [-0.2, 0) is 11.2 Å². The number of carbonyl (C=O) groups excluding carboxylic acids is 2. The average Bonchev–Trinajstić information content (AvgIpc) is 2.74. The molecule has 1 saturated heterocycles. The Kier molecular flexibility index (Phi) is 6.63. The molecule has 6 heteroatoms. The second-order valence-corrected chi connectivity index (χ2v) is 6.90. The van der Waals surface area contributed by atoms with Gasteiger partial charge in [-0.25, -0.2) is 4.39 Å². The summed E-state index contributed by atoms with van der Waals surface area (Å²) in [4.78, 5) is 26.5. The Hall–Kier alpha value is -2.89. The Morgan fingerprint density at radius 1 is 1.11 bits per heavy atom. The van der Waals surface area contributed by atoms with E-state index in [0.29, 0.717) is 38.9 Å². The molecule has 2 aromatic carbocycles. The fourth-order valence-corrected chi connectivity index (χ4v) is 3.52. The fraction of sp³-hybridized carbons (Fsp3) is 0.364. The van der Waals surface area contributed by atoms with Gasteiger partial charge in [0.15, 0.2) is 0 Å². The van der Waals surface area contributed by atoms with Crippen molar-refractivity contribution in [2.24, 2.45) is 5.92 Å². The van der Waals surface area contributed by atoms with E-state index >= 15 is 0 Å². The number of para-hydroxylation sites is 1. The topological polar surface area (TPSA) is 58.6 Å². The lowest BCUT2D eigenvalue weighted by Gasteiger charge is -2.31. The summed E-state index contributed by atoms with van der Waals surface area (Å²) >= 11 is 0. The van der Waals surface area contributed by atoms with Crippen LogP contribution in [0.3, 0.4) is 0 Å². The van der Waals surface area contributed by atoms with Crippen LogP contribution in [0.2, 0.25) is 0 Å². The van der Waals surface area contributed by atoms with Gasteiger partial charge in [0.1, 0.15) is 11.6 Å². The van der Waals surface area contributed by atoms with Crippen LogP contribution in [0.15, 0.2) is 48.5 Å². The minimum absolute atomic E-state index is 0.00730. The Bertz CT molecular complexity index is 832. The molecule has 1 fully saturated rings. The van der Waals surface area contributed by atoms with E-state index in [1.165, 1.54) is 12.1 Å². The number of likely N-dealkylation sites (tertiary alicyclic amines) is 1. The lowest BCUT2D eigenvalue weighted by atomic mass is 9.95. The van der Waals surface area contributed by atoms with E-state index in [2.05, 4.69) is 5.32 Å². The zero-order valence-electron chi connectivity index (χ0n) is 16.0. The van der Waals surface area contributed by atoms with Gasteiger partial charge in [0.25, 0.3) is 5.91 Å². The number of hydrogen-bond donors (Lipinski definition) is 1. The van der Waals surface area contributed by atoms with Gasteiger partial charge in [0.2, 0.25) is 5.91 Å². The molecule has 0 spiro atoms. The third kappa shape index (κ3) is 4.68. The molecule has 1 aliphatic rings. The number of nitrogens with one attached hydrogen (secondary N) is 1. The van der Waals surface area contributed by atoms with Gasteiger partial charge in [0.05, 0.1) is 12.7 Å². The summed E-state index contributed by atoms with van der Waals surface area (Å²) in [7, 11) is 1.63. The molecule has 0 saturated carbocycles. The minimum Gasteiger partial charge on any atom is -0.496 e. The molecule has 0 radical (unpaired) electrons. The van der Waals surface area contributed by atoms with E-state index in [0.717, 1.165) is 11.3 Å². The lowest BCUT2D eigenvalue weighted by molar-refractivity contribution is -0.126. The van der Waals surface area contributed by atoms with Crippen molar-refractivity contribution in [3.8, 4) is 5.75 Å². The van der Waals surface area contributed by atoms with Crippen LogP contribution in [0.4, 0.5) is 4.39 Å². The van der Waals surface area contributed by atoms with Crippen LogP contribution in [0.1, 0.15) is 28.8 Å². The maximum Gasteiger partial charge on any atom is 0.256 e. The Morgan fingerprint density at radius 3 is 2.50 bits per heavy atom. The molecule has 2 aromatic rings. The molecule has 0 aromatic heterocycles. The van der Waals surface area contributed by atoms with Crippen molar-refractivity contribution < 1.29 is 18.7 Å². The zero-order chi connectivity index (χ0) is 19.9. The summed E-state index contributed by atoms with van der Waals surface area (Å²) < 4.78 is 19.1. The van der Waals surface area contributed by atoms with Crippen LogP contribution in [0, 0.1) is 11.7 Å². The molecular formula is C22H25FN2O3. The molecule has 148 valence electrons. The van der Waals surface area contributed by atoms with Crippen molar-refractivity contribution in [1.29, 1.82) is 0 Å². The largest absolute Gasteiger partial charge is 0.496 e. The van der Waals surface area contributed by atoms with Gasteiger partial charge in [-0.05, 0) is 43.0 Å². The second kappa shape index (κ2) is 9.35. The number of nitrogens with zero attached hydrogens (tertiary/aromatic N) is 1. The predicted octanol–water partition coefficient (Wildman–Crippen LogP) is 3.05. The van der Waals surface area contributed by atoms with E-state index in [4.69, 9.17) is 4.74 Å². The van der Waals surface area contributed by atoms with Crippen LogP contribution in [-0.4, -0.2) is 43.5 Å². The van der Waals surface area contributed by atoms with E-state index in [-0.39, 0.29) is 23.3 Å². The first-order valence-corrected chi connectivity index (χ1v) is 9.53. The molecule has 1 heterocycles. The van der Waals surface area contributed by atoms with Crippen molar-refractivity contribution in [2.45, 2.75) is 19.3 Å². The smallest absolute Gasteiger partial charge is 0.256 e.